The van der Waals surface area contributed by atoms with Crippen LogP contribution in [-0.4, -0.2) is 53.7 Å². The molecule has 1 heterocycles. The van der Waals surface area contributed by atoms with Crippen molar-refractivity contribution in [2.75, 3.05) is 19.7 Å². The molecule has 1 aliphatic heterocycles. The molecule has 136 valence electrons. The van der Waals surface area contributed by atoms with E-state index in [4.69, 9.17) is 15.6 Å². The molecule has 3 N–H and O–H groups in total. The molecule has 1 fully saturated rings. The Balaban J connectivity index is 1.97. The van der Waals surface area contributed by atoms with Crippen molar-refractivity contribution in [2.45, 2.75) is 6.18 Å². The van der Waals surface area contributed by atoms with Crippen LogP contribution >= 0.6 is 0 Å². The Kier molecular flexibility index (Phi) is 5.19. The Hall–Kier alpha value is -2.78. The van der Waals surface area contributed by atoms with Crippen molar-refractivity contribution in [1.29, 1.82) is 0 Å². The highest BCUT2D eigenvalue weighted by Crippen LogP contribution is 2.37. The largest absolute Gasteiger partial charge is 0.484 e. The van der Waals surface area contributed by atoms with Gasteiger partial charge in [-0.2, -0.15) is 13.2 Å². The quantitative estimate of drug-likeness (QED) is 0.810. The highest BCUT2D eigenvalue weighted by atomic mass is 19.4. The number of primary amides is 1. The van der Waals surface area contributed by atoms with Crippen molar-refractivity contribution in [2.24, 2.45) is 17.6 Å². The summed E-state index contributed by atoms with van der Waals surface area (Å²) >= 11 is 0. The molecule has 7 nitrogen and oxygen atoms in total. The number of amides is 2. The minimum atomic E-state index is -4.70. The average Bonchev–Trinajstić information content (AvgIpc) is 2.99. The first kappa shape index (κ1) is 18.6. The number of carbonyl (C=O) groups excluding carboxylic acids is 2. The lowest BCUT2D eigenvalue weighted by atomic mass is 9.96. The molecule has 0 saturated carbocycles. The van der Waals surface area contributed by atoms with E-state index in [2.05, 4.69) is 0 Å². The van der Waals surface area contributed by atoms with E-state index in [9.17, 15) is 27.6 Å². The monoisotopic (exact) mass is 360 g/mol. The van der Waals surface area contributed by atoms with Crippen molar-refractivity contribution < 1.29 is 37.4 Å². The van der Waals surface area contributed by atoms with E-state index < -0.39 is 55.5 Å². The third-order valence-electron chi connectivity index (χ3n) is 3.91. The number of hydrogen-bond acceptors (Lipinski definition) is 4. The maximum Gasteiger partial charge on any atom is 0.394 e. The number of alkyl halides is 3. The third kappa shape index (κ3) is 4.40. The fourth-order valence-electron chi connectivity index (χ4n) is 2.54. The standard InChI is InChI=1S/C15H15F3N2O5/c16-15(17,18)11-6-20(5-10(11)14(23)24)12(21)7-25-9-3-1-8(2-4-9)13(19)22/h1-4,10-11H,5-7H2,(H2,19,22)(H,23,24)/t10-,11-/m1/s1. The first-order valence-corrected chi connectivity index (χ1v) is 7.19. The van der Waals surface area contributed by atoms with Gasteiger partial charge < -0.3 is 20.5 Å². The zero-order valence-electron chi connectivity index (χ0n) is 12.8. The van der Waals surface area contributed by atoms with E-state index in [0.717, 1.165) is 4.90 Å². The number of hydrogen-bond donors (Lipinski definition) is 2. The molecule has 25 heavy (non-hydrogen) atoms. The van der Waals surface area contributed by atoms with E-state index in [-0.39, 0.29) is 11.3 Å². The molecular formula is C15H15F3N2O5. The van der Waals surface area contributed by atoms with Crippen molar-refractivity contribution in [3.05, 3.63) is 29.8 Å². The zero-order chi connectivity index (χ0) is 18.8. The van der Waals surface area contributed by atoms with E-state index in [1.807, 2.05) is 0 Å². The summed E-state index contributed by atoms with van der Waals surface area (Å²) in [5, 5.41) is 8.92. The smallest absolute Gasteiger partial charge is 0.394 e. The predicted molar refractivity (Wildman–Crippen MR) is 77.7 cm³/mol. The molecule has 1 aliphatic rings. The van der Waals surface area contributed by atoms with E-state index in [0.29, 0.717) is 0 Å². The molecule has 2 atom stereocenters. The van der Waals surface area contributed by atoms with Crippen LogP contribution in [0, 0.1) is 11.8 Å². The van der Waals surface area contributed by atoms with E-state index in [1.54, 1.807) is 0 Å². The molecule has 1 saturated heterocycles. The molecule has 0 bridgehead atoms. The number of rotatable bonds is 5. The molecule has 0 aliphatic carbocycles. The van der Waals surface area contributed by atoms with Crippen molar-refractivity contribution in [1.82, 2.24) is 4.90 Å². The lowest BCUT2D eigenvalue weighted by molar-refractivity contribution is -0.188. The minimum Gasteiger partial charge on any atom is -0.484 e. The summed E-state index contributed by atoms with van der Waals surface area (Å²) in [5.74, 6) is -6.57. The lowest BCUT2D eigenvalue weighted by Crippen LogP contribution is -2.35. The number of nitrogens with two attached hydrogens (primary N) is 1. The average molecular weight is 360 g/mol. The summed E-state index contributed by atoms with van der Waals surface area (Å²) < 4.78 is 43.8. The van der Waals surface area contributed by atoms with Crippen LogP contribution in [0.5, 0.6) is 5.75 Å². The second-order valence-electron chi connectivity index (χ2n) is 5.57. The van der Waals surface area contributed by atoms with E-state index in [1.165, 1.54) is 24.3 Å². The topological polar surface area (TPSA) is 110 Å². The van der Waals surface area contributed by atoms with Crippen LogP contribution in [0.2, 0.25) is 0 Å². The van der Waals surface area contributed by atoms with Gasteiger partial charge in [0.05, 0.1) is 11.8 Å². The van der Waals surface area contributed by atoms with Gasteiger partial charge in [-0.25, -0.2) is 0 Å². The fourth-order valence-corrected chi connectivity index (χ4v) is 2.54. The van der Waals surface area contributed by atoms with Crippen LogP contribution in [0.15, 0.2) is 24.3 Å². The van der Waals surface area contributed by atoms with Crippen LogP contribution in [0.3, 0.4) is 0 Å². The summed E-state index contributed by atoms with van der Waals surface area (Å²) in [4.78, 5) is 34.7. The fraction of sp³-hybridized carbons (Fsp3) is 0.400. The SMILES string of the molecule is NC(=O)c1ccc(OCC(=O)N2C[C@@H](C(F)(F)F)[C@H](C(=O)O)C2)cc1. The predicted octanol–water partition coefficient (Wildman–Crippen LogP) is 0.886. The van der Waals surface area contributed by atoms with Crippen LogP contribution < -0.4 is 10.5 Å². The Bertz CT molecular complexity index is 675. The van der Waals surface area contributed by atoms with Gasteiger partial charge in [-0.3, -0.25) is 14.4 Å². The van der Waals surface area contributed by atoms with Gasteiger partial charge in [0.2, 0.25) is 5.91 Å². The van der Waals surface area contributed by atoms with Crippen LogP contribution in [-0.2, 0) is 9.59 Å². The maximum absolute atomic E-state index is 12.9. The minimum absolute atomic E-state index is 0.222. The third-order valence-corrected chi connectivity index (χ3v) is 3.91. The number of carboxylic acid groups (broad SMARTS) is 1. The zero-order valence-corrected chi connectivity index (χ0v) is 12.8. The highest BCUT2D eigenvalue weighted by molar-refractivity contribution is 5.92. The summed E-state index contributed by atoms with van der Waals surface area (Å²) in [6, 6.07) is 5.52. The van der Waals surface area contributed by atoms with Crippen LogP contribution in [0.25, 0.3) is 0 Å². The Labute approximate surface area is 140 Å². The molecule has 0 spiro atoms. The van der Waals surface area contributed by atoms with Gasteiger partial charge in [0.15, 0.2) is 6.61 Å². The van der Waals surface area contributed by atoms with Gasteiger partial charge in [0, 0.05) is 18.7 Å². The Morgan fingerprint density at radius 2 is 1.80 bits per heavy atom. The number of carbonyl (C=O) groups is 3. The molecule has 0 unspecified atom stereocenters. The summed E-state index contributed by atoms with van der Waals surface area (Å²) in [6.45, 7) is -1.79. The van der Waals surface area contributed by atoms with Crippen molar-refractivity contribution in [3.8, 4) is 5.75 Å². The lowest BCUT2D eigenvalue weighted by Gasteiger charge is -2.18. The first-order chi connectivity index (χ1) is 11.6. The number of benzene rings is 1. The van der Waals surface area contributed by atoms with Crippen molar-refractivity contribution in [3.63, 3.8) is 0 Å². The van der Waals surface area contributed by atoms with Gasteiger partial charge in [0.1, 0.15) is 5.75 Å². The molecule has 1 aromatic rings. The van der Waals surface area contributed by atoms with Crippen molar-refractivity contribution >= 4 is 17.8 Å². The highest BCUT2D eigenvalue weighted by Gasteiger charge is 2.53. The summed E-state index contributed by atoms with van der Waals surface area (Å²) in [5.41, 5.74) is 5.31. The number of aliphatic carboxylic acids is 1. The van der Waals surface area contributed by atoms with Gasteiger partial charge >= 0.3 is 12.1 Å². The number of likely N-dealkylation sites (tertiary alicyclic amines) is 1. The molecule has 10 heteroatoms. The maximum atomic E-state index is 12.9. The first-order valence-electron chi connectivity index (χ1n) is 7.19. The second-order valence-corrected chi connectivity index (χ2v) is 5.57. The molecule has 2 amide bonds. The molecule has 1 aromatic carbocycles. The van der Waals surface area contributed by atoms with Crippen LogP contribution in [0.4, 0.5) is 13.2 Å². The van der Waals surface area contributed by atoms with E-state index >= 15 is 0 Å². The second kappa shape index (κ2) is 6.99. The van der Waals surface area contributed by atoms with Gasteiger partial charge in [-0.1, -0.05) is 0 Å². The molecule has 0 radical (unpaired) electrons. The number of ether oxygens (including phenoxy) is 1. The van der Waals surface area contributed by atoms with Gasteiger partial charge in [-0.15, -0.1) is 0 Å². The molecular weight excluding hydrogens is 345 g/mol. The summed E-state index contributed by atoms with van der Waals surface area (Å²) in [7, 11) is 0. The number of halogens is 3. The number of carboxylic acids is 1. The normalized spacial score (nSPS) is 20.4. The molecule has 2 rings (SSSR count). The number of nitrogens with zero attached hydrogens (tertiary/aromatic N) is 1. The van der Waals surface area contributed by atoms with Gasteiger partial charge in [-0.05, 0) is 24.3 Å². The van der Waals surface area contributed by atoms with Crippen LogP contribution in [0.1, 0.15) is 10.4 Å². The Morgan fingerprint density at radius 3 is 2.24 bits per heavy atom. The molecule has 0 aromatic heterocycles. The Morgan fingerprint density at radius 1 is 1.20 bits per heavy atom. The van der Waals surface area contributed by atoms with Gasteiger partial charge in [0.25, 0.3) is 5.91 Å². The summed E-state index contributed by atoms with van der Waals surface area (Å²) in [6.07, 6.45) is -4.70.